The van der Waals surface area contributed by atoms with E-state index in [1.165, 1.54) is 22.5 Å². The van der Waals surface area contributed by atoms with Gasteiger partial charge in [0.15, 0.2) is 0 Å². The zero-order valence-corrected chi connectivity index (χ0v) is 14.5. The third kappa shape index (κ3) is 2.53. The first-order valence-electron chi connectivity index (χ1n) is 7.89. The van der Waals surface area contributed by atoms with Gasteiger partial charge in [-0.2, -0.15) is 5.10 Å². The number of nitrogens with zero attached hydrogens (tertiary/aromatic N) is 4. The van der Waals surface area contributed by atoms with E-state index in [0.29, 0.717) is 13.1 Å². The van der Waals surface area contributed by atoms with Gasteiger partial charge in [0.25, 0.3) is 5.91 Å². The number of carbonyl (C=O) groups excluding carboxylic acids is 1. The first kappa shape index (κ1) is 15.1. The van der Waals surface area contributed by atoms with Crippen LogP contribution < -0.4 is 0 Å². The molecule has 2 aromatic heterocycles. The summed E-state index contributed by atoms with van der Waals surface area (Å²) >= 11 is 1.41. The lowest BCUT2D eigenvalue weighted by atomic mass is 9.86. The smallest absolute Gasteiger partial charge is 0.266 e. The summed E-state index contributed by atoms with van der Waals surface area (Å²) in [6.07, 6.45) is 3.93. The fourth-order valence-electron chi connectivity index (χ4n) is 3.32. The topological polar surface area (TPSA) is 51.0 Å². The summed E-state index contributed by atoms with van der Waals surface area (Å²) in [5.41, 5.74) is 6.17. The number of fused-ring (bicyclic) bond motifs is 1. The van der Waals surface area contributed by atoms with Crippen LogP contribution in [0.25, 0.3) is 0 Å². The van der Waals surface area contributed by atoms with Gasteiger partial charge in [-0.1, -0.05) is 24.3 Å². The van der Waals surface area contributed by atoms with Crippen molar-refractivity contribution in [3.8, 4) is 0 Å². The minimum atomic E-state index is 0.0680. The van der Waals surface area contributed by atoms with E-state index in [-0.39, 0.29) is 11.8 Å². The van der Waals surface area contributed by atoms with Crippen LogP contribution in [0.4, 0.5) is 0 Å². The van der Waals surface area contributed by atoms with Crippen LogP contribution in [0.5, 0.6) is 0 Å². The molecule has 3 heterocycles. The maximum atomic E-state index is 12.9. The Morgan fingerprint density at radius 2 is 2.17 bits per heavy atom. The molecule has 24 heavy (non-hydrogen) atoms. The number of aryl methyl sites for hydroxylation is 2. The summed E-state index contributed by atoms with van der Waals surface area (Å²) in [7, 11) is 1.92. The van der Waals surface area contributed by atoms with Crippen LogP contribution in [-0.4, -0.2) is 32.1 Å². The lowest BCUT2D eigenvalue weighted by Gasteiger charge is -2.34. The highest BCUT2D eigenvalue weighted by molar-refractivity contribution is 7.11. The molecule has 4 rings (SSSR count). The molecule has 1 aromatic carbocycles. The third-order valence-corrected chi connectivity index (χ3v) is 5.47. The summed E-state index contributed by atoms with van der Waals surface area (Å²) in [6, 6.07) is 8.36. The Kier molecular flexibility index (Phi) is 3.69. The van der Waals surface area contributed by atoms with Crippen molar-refractivity contribution in [3.63, 3.8) is 0 Å². The molecule has 1 unspecified atom stereocenters. The van der Waals surface area contributed by atoms with Crippen LogP contribution in [-0.2, 0) is 13.6 Å². The normalized spacial score (nSPS) is 16.9. The molecule has 122 valence electrons. The fraction of sp³-hybridized carbons (Fsp3) is 0.278. The Morgan fingerprint density at radius 3 is 2.88 bits per heavy atom. The number of aromatic nitrogens is 3. The molecule has 0 radical (unpaired) electrons. The van der Waals surface area contributed by atoms with Gasteiger partial charge in [0.05, 0.1) is 17.4 Å². The average molecular weight is 338 g/mol. The Hall–Kier alpha value is -2.47. The Balaban J connectivity index is 1.73. The van der Waals surface area contributed by atoms with E-state index in [0.717, 1.165) is 16.1 Å². The number of carbonyl (C=O) groups is 1. The predicted octanol–water partition coefficient (Wildman–Crippen LogP) is 2.97. The van der Waals surface area contributed by atoms with Crippen molar-refractivity contribution in [3.05, 3.63) is 69.4 Å². The molecule has 1 aliphatic rings. The molecule has 1 amide bonds. The number of benzene rings is 1. The van der Waals surface area contributed by atoms with Crippen molar-refractivity contribution in [2.45, 2.75) is 19.4 Å². The van der Waals surface area contributed by atoms with Crippen LogP contribution in [0, 0.1) is 6.92 Å². The van der Waals surface area contributed by atoms with Crippen LogP contribution in [0.1, 0.15) is 38.0 Å². The van der Waals surface area contributed by atoms with Gasteiger partial charge < -0.3 is 4.90 Å². The van der Waals surface area contributed by atoms with Crippen LogP contribution in [0.15, 0.2) is 42.2 Å². The van der Waals surface area contributed by atoms with Crippen molar-refractivity contribution >= 4 is 17.2 Å². The Labute approximate surface area is 144 Å². The van der Waals surface area contributed by atoms with E-state index >= 15 is 0 Å². The van der Waals surface area contributed by atoms with E-state index in [1.54, 1.807) is 5.51 Å². The summed E-state index contributed by atoms with van der Waals surface area (Å²) in [5.74, 6) is 0.222. The second-order valence-corrected chi connectivity index (χ2v) is 7.01. The van der Waals surface area contributed by atoms with E-state index in [2.05, 4.69) is 28.3 Å². The summed E-state index contributed by atoms with van der Waals surface area (Å²) in [6.45, 7) is 3.20. The molecule has 3 aromatic rings. The van der Waals surface area contributed by atoms with Crippen LogP contribution in [0.3, 0.4) is 0 Å². The number of amides is 1. The van der Waals surface area contributed by atoms with Crippen molar-refractivity contribution in [1.29, 1.82) is 0 Å². The lowest BCUT2D eigenvalue weighted by Crippen LogP contribution is -2.38. The Morgan fingerprint density at radius 1 is 1.33 bits per heavy atom. The third-order valence-electron chi connectivity index (χ3n) is 4.55. The van der Waals surface area contributed by atoms with Gasteiger partial charge in [0.1, 0.15) is 4.88 Å². The standard InChI is InChI=1S/C18H18N4OS/c1-12-17(24-11-19-12)18(23)22-9-13-5-3-4-6-15(13)16(10-22)14-7-20-21(2)8-14/h3-8,11,16H,9-10H2,1-2H3. The molecule has 0 fully saturated rings. The van der Waals surface area contributed by atoms with E-state index in [1.807, 2.05) is 42.0 Å². The van der Waals surface area contributed by atoms with Crippen molar-refractivity contribution < 1.29 is 4.79 Å². The number of hydrogen-bond donors (Lipinski definition) is 0. The molecule has 0 spiro atoms. The minimum Gasteiger partial charge on any atom is -0.333 e. The van der Waals surface area contributed by atoms with Gasteiger partial charge in [-0.3, -0.25) is 9.48 Å². The van der Waals surface area contributed by atoms with Gasteiger partial charge in [-0.05, 0) is 23.6 Å². The van der Waals surface area contributed by atoms with Gasteiger partial charge in [0.2, 0.25) is 0 Å². The van der Waals surface area contributed by atoms with Gasteiger partial charge >= 0.3 is 0 Å². The molecule has 1 aliphatic heterocycles. The molecule has 6 heteroatoms. The second-order valence-electron chi connectivity index (χ2n) is 6.15. The molecular weight excluding hydrogens is 320 g/mol. The molecule has 0 saturated heterocycles. The van der Waals surface area contributed by atoms with Gasteiger partial charge in [-0.25, -0.2) is 4.98 Å². The SMILES string of the molecule is Cc1ncsc1C(=O)N1Cc2ccccc2C(c2cnn(C)c2)C1. The van der Waals surface area contributed by atoms with Crippen molar-refractivity contribution in [2.24, 2.45) is 7.05 Å². The average Bonchev–Trinajstić information content (AvgIpc) is 3.21. The second kappa shape index (κ2) is 5.87. The summed E-state index contributed by atoms with van der Waals surface area (Å²) < 4.78 is 1.81. The highest BCUT2D eigenvalue weighted by Crippen LogP contribution is 2.34. The first-order valence-corrected chi connectivity index (χ1v) is 8.77. The first-order chi connectivity index (χ1) is 11.6. The van der Waals surface area contributed by atoms with E-state index in [9.17, 15) is 4.79 Å². The number of rotatable bonds is 2. The van der Waals surface area contributed by atoms with Gasteiger partial charge in [0, 0.05) is 32.3 Å². The zero-order chi connectivity index (χ0) is 16.7. The molecule has 0 saturated carbocycles. The molecule has 0 bridgehead atoms. The maximum absolute atomic E-state index is 12.9. The lowest BCUT2D eigenvalue weighted by molar-refractivity contribution is 0.0729. The zero-order valence-electron chi connectivity index (χ0n) is 13.6. The highest BCUT2D eigenvalue weighted by Gasteiger charge is 2.31. The largest absolute Gasteiger partial charge is 0.333 e. The molecule has 0 N–H and O–H groups in total. The monoisotopic (exact) mass is 338 g/mol. The van der Waals surface area contributed by atoms with Crippen LogP contribution >= 0.6 is 11.3 Å². The highest BCUT2D eigenvalue weighted by atomic mass is 32.1. The van der Waals surface area contributed by atoms with Crippen LogP contribution in [0.2, 0.25) is 0 Å². The molecular formula is C18H18N4OS. The van der Waals surface area contributed by atoms with Crippen molar-refractivity contribution in [2.75, 3.05) is 6.54 Å². The fourth-order valence-corrected chi connectivity index (χ4v) is 4.09. The van der Waals surface area contributed by atoms with Gasteiger partial charge in [-0.15, -0.1) is 11.3 Å². The molecule has 1 atom stereocenters. The number of hydrogen-bond acceptors (Lipinski definition) is 4. The quantitative estimate of drug-likeness (QED) is 0.722. The minimum absolute atomic E-state index is 0.0680. The predicted molar refractivity (Wildman–Crippen MR) is 93.1 cm³/mol. The van der Waals surface area contributed by atoms with E-state index in [4.69, 9.17) is 0 Å². The van der Waals surface area contributed by atoms with E-state index < -0.39 is 0 Å². The summed E-state index contributed by atoms with van der Waals surface area (Å²) in [5, 5.41) is 4.30. The molecule has 0 aliphatic carbocycles. The maximum Gasteiger partial charge on any atom is 0.266 e. The molecule has 5 nitrogen and oxygen atoms in total. The summed E-state index contributed by atoms with van der Waals surface area (Å²) in [4.78, 5) is 19.8. The number of thiazole rings is 1. The Bertz CT molecular complexity index is 898. The van der Waals surface area contributed by atoms with Crippen molar-refractivity contribution in [1.82, 2.24) is 19.7 Å².